The van der Waals surface area contributed by atoms with E-state index in [1.54, 1.807) is 12.1 Å². The lowest BCUT2D eigenvalue weighted by atomic mass is 9.63. The van der Waals surface area contributed by atoms with Crippen LogP contribution in [0.25, 0.3) is 0 Å². The lowest BCUT2D eigenvalue weighted by molar-refractivity contribution is -0.119. The number of carbonyl (C=O) groups is 2. The van der Waals surface area contributed by atoms with Crippen molar-refractivity contribution in [2.45, 2.75) is 66.2 Å². The summed E-state index contributed by atoms with van der Waals surface area (Å²) in [5, 5.41) is 10.1. The van der Waals surface area contributed by atoms with Crippen molar-refractivity contribution in [2.75, 3.05) is 13.7 Å². The number of carbonyl (C=O) groups excluding carboxylic acids is 2. The summed E-state index contributed by atoms with van der Waals surface area (Å²) in [4.78, 5) is 29.3. The van der Waals surface area contributed by atoms with Crippen LogP contribution in [-0.4, -0.2) is 35.2 Å². The van der Waals surface area contributed by atoms with Gasteiger partial charge < -0.3 is 14.7 Å². The van der Waals surface area contributed by atoms with E-state index in [1.807, 2.05) is 6.07 Å². The van der Waals surface area contributed by atoms with E-state index in [0.717, 1.165) is 47.5 Å². The normalized spacial score (nSPS) is 23.1. The largest absolute Gasteiger partial charge is 0.504 e. The van der Waals surface area contributed by atoms with E-state index >= 15 is 0 Å². The summed E-state index contributed by atoms with van der Waals surface area (Å²) in [6.45, 7) is 11.4. The fraction of sp³-hybridized carbons (Fsp3) is 0.538. The maximum atomic E-state index is 13.5. The lowest BCUT2D eigenvalue weighted by Gasteiger charge is -2.48. The monoisotopic (exact) mass is 423 g/mol. The van der Waals surface area contributed by atoms with Crippen molar-refractivity contribution in [1.82, 2.24) is 4.90 Å². The van der Waals surface area contributed by atoms with Crippen molar-refractivity contribution in [1.29, 1.82) is 0 Å². The number of methoxy groups -OCH3 is 1. The maximum absolute atomic E-state index is 13.5. The Balaban J connectivity index is 2.00. The Labute approximate surface area is 184 Å². The molecule has 0 saturated carbocycles. The highest BCUT2D eigenvalue weighted by molar-refractivity contribution is 6.06. The van der Waals surface area contributed by atoms with Crippen LogP contribution in [0.3, 0.4) is 0 Å². The van der Waals surface area contributed by atoms with Gasteiger partial charge in [0, 0.05) is 47.8 Å². The number of phenolic OH excluding ortho intramolecular Hbond substituents is 1. The van der Waals surface area contributed by atoms with Crippen LogP contribution in [0.4, 0.5) is 0 Å². The van der Waals surface area contributed by atoms with Crippen LogP contribution in [0, 0.1) is 10.8 Å². The van der Waals surface area contributed by atoms with Crippen molar-refractivity contribution < 1.29 is 19.4 Å². The summed E-state index contributed by atoms with van der Waals surface area (Å²) in [5.41, 5.74) is 4.21. The Morgan fingerprint density at radius 3 is 1.94 bits per heavy atom. The third-order valence-corrected chi connectivity index (χ3v) is 6.88. The highest BCUT2D eigenvalue weighted by Crippen LogP contribution is 2.54. The predicted octanol–water partition coefficient (Wildman–Crippen LogP) is 5.11. The molecule has 2 aliphatic carbocycles. The number of ether oxygens (including phenoxy) is 1. The predicted molar refractivity (Wildman–Crippen MR) is 120 cm³/mol. The van der Waals surface area contributed by atoms with Crippen molar-refractivity contribution in [3.05, 3.63) is 46.3 Å². The van der Waals surface area contributed by atoms with Crippen molar-refractivity contribution in [3.8, 4) is 11.5 Å². The number of aromatic hydroxyl groups is 1. The molecule has 3 aliphatic rings. The molecule has 31 heavy (non-hydrogen) atoms. The number of Topliss-reactive ketones (excluding diaryl/α,β-unsaturated/α-hetero) is 2. The first-order valence-corrected chi connectivity index (χ1v) is 11.1. The highest BCUT2D eigenvalue weighted by atomic mass is 16.5. The van der Waals surface area contributed by atoms with Gasteiger partial charge >= 0.3 is 0 Å². The second-order valence-electron chi connectivity index (χ2n) is 10.7. The van der Waals surface area contributed by atoms with Crippen molar-refractivity contribution in [2.24, 2.45) is 10.8 Å². The van der Waals surface area contributed by atoms with Gasteiger partial charge in [-0.2, -0.15) is 0 Å². The molecule has 1 aromatic rings. The van der Waals surface area contributed by atoms with Gasteiger partial charge in [-0.1, -0.05) is 33.8 Å². The number of nitrogens with zero attached hydrogens (tertiary/aromatic N) is 1. The van der Waals surface area contributed by atoms with E-state index in [4.69, 9.17) is 4.74 Å². The van der Waals surface area contributed by atoms with E-state index < -0.39 is 5.92 Å². The first-order valence-electron chi connectivity index (χ1n) is 11.1. The quantitative estimate of drug-likeness (QED) is 0.732. The standard InChI is InChI=1S/C26H33NO4/c1-7-27-16-11-25(2,3)13-19(29)23(16)22(15-8-9-18(28)21(10-15)31-6)24-17(27)12-26(4,5)14-20(24)30/h8-10,22,28H,7,11-14H2,1-6H3. The molecular weight excluding hydrogens is 390 g/mol. The van der Waals surface area contributed by atoms with Gasteiger partial charge in [0.05, 0.1) is 7.11 Å². The topological polar surface area (TPSA) is 66.8 Å². The van der Waals surface area contributed by atoms with Gasteiger partial charge in [-0.15, -0.1) is 0 Å². The second-order valence-corrected chi connectivity index (χ2v) is 10.7. The minimum atomic E-state index is -0.408. The number of rotatable bonds is 3. The summed E-state index contributed by atoms with van der Waals surface area (Å²) in [6, 6.07) is 5.19. The fourth-order valence-corrected chi connectivity index (χ4v) is 5.64. The average molecular weight is 424 g/mol. The van der Waals surface area contributed by atoms with Gasteiger partial charge in [-0.3, -0.25) is 9.59 Å². The molecule has 0 atom stereocenters. The lowest BCUT2D eigenvalue weighted by Crippen LogP contribution is -2.44. The average Bonchev–Trinajstić information content (AvgIpc) is 2.65. The van der Waals surface area contributed by atoms with Gasteiger partial charge in [0.1, 0.15) is 0 Å². The minimum absolute atomic E-state index is 0.0489. The van der Waals surface area contributed by atoms with Gasteiger partial charge in [0.25, 0.3) is 0 Å². The van der Waals surface area contributed by atoms with Crippen LogP contribution in [0.5, 0.6) is 11.5 Å². The van der Waals surface area contributed by atoms with E-state index in [1.165, 1.54) is 7.11 Å². The molecule has 0 aromatic heterocycles. The first kappa shape index (κ1) is 21.7. The Hall–Kier alpha value is -2.56. The SMILES string of the molecule is CCN1C2=C(C(=O)CC(C)(C)C2)C(c2ccc(O)c(OC)c2)C2=C1CC(C)(C)CC2=O. The van der Waals surface area contributed by atoms with E-state index in [9.17, 15) is 14.7 Å². The molecule has 5 heteroatoms. The molecule has 1 heterocycles. The van der Waals surface area contributed by atoms with Gasteiger partial charge in [0.15, 0.2) is 23.1 Å². The number of hydrogen-bond acceptors (Lipinski definition) is 5. The van der Waals surface area contributed by atoms with Crippen LogP contribution in [0.15, 0.2) is 40.7 Å². The zero-order valence-corrected chi connectivity index (χ0v) is 19.5. The molecule has 0 unspecified atom stereocenters. The zero-order chi connectivity index (χ0) is 22.7. The molecule has 0 fully saturated rings. The first-order chi connectivity index (χ1) is 14.5. The maximum Gasteiger partial charge on any atom is 0.162 e. The summed E-state index contributed by atoms with van der Waals surface area (Å²) >= 11 is 0. The smallest absolute Gasteiger partial charge is 0.162 e. The van der Waals surface area contributed by atoms with Crippen LogP contribution >= 0.6 is 0 Å². The summed E-state index contributed by atoms with van der Waals surface area (Å²) < 4.78 is 5.35. The van der Waals surface area contributed by atoms with Crippen LogP contribution < -0.4 is 4.74 Å². The molecule has 5 nitrogen and oxygen atoms in total. The van der Waals surface area contributed by atoms with E-state index in [0.29, 0.717) is 18.6 Å². The summed E-state index contributed by atoms with van der Waals surface area (Å²) in [5.74, 6) is 0.228. The van der Waals surface area contributed by atoms with E-state index in [-0.39, 0.29) is 28.1 Å². The third kappa shape index (κ3) is 3.58. The highest BCUT2D eigenvalue weighted by Gasteiger charge is 2.48. The van der Waals surface area contributed by atoms with Crippen molar-refractivity contribution in [3.63, 3.8) is 0 Å². The molecule has 0 amide bonds. The molecule has 0 bridgehead atoms. The third-order valence-electron chi connectivity index (χ3n) is 6.88. The molecule has 0 spiro atoms. The minimum Gasteiger partial charge on any atom is -0.504 e. The number of benzene rings is 1. The van der Waals surface area contributed by atoms with Crippen LogP contribution in [0.1, 0.15) is 71.8 Å². The number of phenols is 1. The Bertz CT molecular complexity index is 974. The van der Waals surface area contributed by atoms with Crippen LogP contribution in [0.2, 0.25) is 0 Å². The number of ketones is 2. The molecule has 4 rings (SSSR count). The summed E-state index contributed by atoms with van der Waals surface area (Å²) in [7, 11) is 1.51. The molecular formula is C26H33NO4. The Morgan fingerprint density at radius 2 is 1.48 bits per heavy atom. The number of allylic oxidation sites excluding steroid dienone is 4. The number of hydrogen-bond donors (Lipinski definition) is 1. The van der Waals surface area contributed by atoms with Crippen molar-refractivity contribution >= 4 is 11.6 Å². The zero-order valence-electron chi connectivity index (χ0n) is 19.5. The van der Waals surface area contributed by atoms with Gasteiger partial charge in [-0.25, -0.2) is 0 Å². The Morgan fingerprint density at radius 1 is 0.968 bits per heavy atom. The molecule has 0 radical (unpaired) electrons. The van der Waals surface area contributed by atoms with Gasteiger partial charge in [-0.05, 0) is 48.3 Å². The van der Waals surface area contributed by atoms with E-state index in [2.05, 4.69) is 39.5 Å². The molecule has 166 valence electrons. The van der Waals surface area contributed by atoms with Crippen LogP contribution in [-0.2, 0) is 9.59 Å². The van der Waals surface area contributed by atoms with Gasteiger partial charge in [0.2, 0.25) is 0 Å². The molecule has 0 saturated heterocycles. The summed E-state index contributed by atoms with van der Waals surface area (Å²) in [6.07, 6.45) is 2.55. The molecule has 1 aromatic carbocycles. The molecule has 1 N–H and O–H groups in total. The second kappa shape index (κ2) is 7.25. The molecule has 1 aliphatic heterocycles. The fourth-order valence-electron chi connectivity index (χ4n) is 5.64. The Kier molecular flexibility index (Phi) is 5.07.